The highest BCUT2D eigenvalue weighted by Gasteiger charge is 2.11. The van der Waals surface area contributed by atoms with Crippen LogP contribution in [0.15, 0.2) is 36.5 Å². The number of benzene rings is 1. The summed E-state index contributed by atoms with van der Waals surface area (Å²) in [6, 6.07) is 8.20. The molecular formula is C13H12ClN3O2. The number of hydrogen-bond acceptors (Lipinski definition) is 4. The molecule has 1 aromatic carbocycles. The minimum atomic E-state index is -0.338. The minimum Gasteiger partial charge on any atom is -0.495 e. The van der Waals surface area contributed by atoms with Crippen LogP contribution in [0.1, 0.15) is 10.4 Å². The van der Waals surface area contributed by atoms with E-state index in [2.05, 4.69) is 10.3 Å². The van der Waals surface area contributed by atoms with E-state index < -0.39 is 0 Å². The highest BCUT2D eigenvalue weighted by molar-refractivity contribution is 6.32. The third kappa shape index (κ3) is 2.95. The lowest BCUT2D eigenvalue weighted by Crippen LogP contribution is -2.14. The zero-order chi connectivity index (χ0) is 13.8. The van der Waals surface area contributed by atoms with E-state index in [4.69, 9.17) is 22.1 Å². The Hall–Kier alpha value is -2.27. The van der Waals surface area contributed by atoms with Gasteiger partial charge in [-0.3, -0.25) is 4.79 Å². The molecule has 2 aromatic rings. The Balaban J connectivity index is 2.22. The fourth-order valence-corrected chi connectivity index (χ4v) is 1.74. The average Bonchev–Trinajstić information content (AvgIpc) is 2.41. The predicted octanol–water partition coefficient (Wildman–Crippen LogP) is 2.58. The number of ether oxygens (including phenoxy) is 1. The Morgan fingerprint density at radius 3 is 2.89 bits per heavy atom. The van der Waals surface area contributed by atoms with Gasteiger partial charge in [0.25, 0.3) is 5.91 Å². The lowest BCUT2D eigenvalue weighted by atomic mass is 10.2. The Bertz CT molecular complexity index is 617. The minimum absolute atomic E-state index is 0.181. The Labute approximate surface area is 115 Å². The maximum atomic E-state index is 12.0. The molecule has 0 aliphatic heterocycles. The molecule has 0 saturated heterocycles. The molecule has 0 unspecified atom stereocenters. The molecule has 0 fully saturated rings. The number of hydrogen-bond donors (Lipinski definition) is 2. The Morgan fingerprint density at radius 2 is 2.21 bits per heavy atom. The second-order valence-electron chi connectivity index (χ2n) is 3.74. The van der Waals surface area contributed by atoms with E-state index in [0.29, 0.717) is 22.0 Å². The molecule has 1 amide bonds. The van der Waals surface area contributed by atoms with Crippen LogP contribution in [0.3, 0.4) is 0 Å². The molecule has 3 N–H and O–H groups in total. The molecule has 0 spiro atoms. The standard InChI is InChI=1S/C13H12ClN3O2/c1-19-11-7-8(4-5-10(11)14)17-13(18)9-3-2-6-16-12(9)15/h2-7H,1H3,(H2,15,16)(H,17,18). The summed E-state index contributed by atoms with van der Waals surface area (Å²) in [5.41, 5.74) is 6.52. The van der Waals surface area contributed by atoms with E-state index in [1.807, 2.05) is 0 Å². The first-order chi connectivity index (χ1) is 9.11. The first kappa shape index (κ1) is 13.2. The maximum absolute atomic E-state index is 12.0. The molecule has 98 valence electrons. The van der Waals surface area contributed by atoms with Crippen LogP contribution >= 0.6 is 11.6 Å². The van der Waals surface area contributed by atoms with Gasteiger partial charge in [-0.05, 0) is 24.3 Å². The van der Waals surface area contributed by atoms with Crippen molar-refractivity contribution in [3.63, 3.8) is 0 Å². The summed E-state index contributed by atoms with van der Waals surface area (Å²) in [4.78, 5) is 15.9. The van der Waals surface area contributed by atoms with Gasteiger partial charge in [0.2, 0.25) is 0 Å². The van der Waals surface area contributed by atoms with E-state index >= 15 is 0 Å². The first-order valence-corrected chi connectivity index (χ1v) is 5.85. The number of rotatable bonds is 3. The quantitative estimate of drug-likeness (QED) is 0.904. The van der Waals surface area contributed by atoms with Crippen LogP contribution in [0, 0.1) is 0 Å². The van der Waals surface area contributed by atoms with Gasteiger partial charge in [0.1, 0.15) is 11.6 Å². The van der Waals surface area contributed by atoms with Crippen molar-refractivity contribution in [2.75, 3.05) is 18.2 Å². The lowest BCUT2D eigenvalue weighted by Gasteiger charge is -2.09. The van der Waals surface area contributed by atoms with Crippen LogP contribution in [-0.4, -0.2) is 18.0 Å². The number of methoxy groups -OCH3 is 1. The van der Waals surface area contributed by atoms with Crippen molar-refractivity contribution in [3.05, 3.63) is 47.1 Å². The highest BCUT2D eigenvalue weighted by Crippen LogP contribution is 2.27. The number of pyridine rings is 1. The average molecular weight is 278 g/mol. The summed E-state index contributed by atoms with van der Waals surface area (Å²) in [5.74, 6) is 0.328. The summed E-state index contributed by atoms with van der Waals surface area (Å²) in [5, 5.41) is 3.18. The highest BCUT2D eigenvalue weighted by atomic mass is 35.5. The number of carbonyl (C=O) groups excluding carboxylic acids is 1. The van der Waals surface area contributed by atoms with Gasteiger partial charge in [-0.25, -0.2) is 4.98 Å². The lowest BCUT2D eigenvalue weighted by molar-refractivity contribution is 0.102. The van der Waals surface area contributed by atoms with Gasteiger partial charge in [0.05, 0.1) is 17.7 Å². The fraction of sp³-hybridized carbons (Fsp3) is 0.0769. The summed E-state index contributed by atoms with van der Waals surface area (Å²) in [7, 11) is 1.51. The molecule has 0 atom stereocenters. The number of anilines is 2. The van der Waals surface area contributed by atoms with Crippen molar-refractivity contribution in [3.8, 4) is 5.75 Å². The molecule has 2 rings (SSSR count). The number of nitrogens with zero attached hydrogens (tertiary/aromatic N) is 1. The van der Waals surface area contributed by atoms with E-state index in [9.17, 15) is 4.79 Å². The smallest absolute Gasteiger partial charge is 0.259 e. The van der Waals surface area contributed by atoms with E-state index in [-0.39, 0.29) is 11.7 Å². The zero-order valence-electron chi connectivity index (χ0n) is 10.2. The molecule has 1 heterocycles. The molecular weight excluding hydrogens is 266 g/mol. The summed E-state index contributed by atoms with van der Waals surface area (Å²) >= 11 is 5.91. The van der Waals surface area contributed by atoms with Gasteiger partial charge in [-0.15, -0.1) is 0 Å². The van der Waals surface area contributed by atoms with E-state index in [1.54, 1.807) is 30.3 Å². The molecule has 19 heavy (non-hydrogen) atoms. The SMILES string of the molecule is COc1cc(NC(=O)c2cccnc2N)ccc1Cl. The van der Waals surface area contributed by atoms with Crippen molar-refractivity contribution in [1.82, 2.24) is 4.98 Å². The van der Waals surface area contributed by atoms with Crippen molar-refractivity contribution >= 4 is 29.0 Å². The van der Waals surface area contributed by atoms with Crippen LogP contribution in [0.2, 0.25) is 5.02 Å². The van der Waals surface area contributed by atoms with Crippen molar-refractivity contribution < 1.29 is 9.53 Å². The number of nitrogens with one attached hydrogen (secondary N) is 1. The van der Waals surface area contributed by atoms with Gasteiger partial charge < -0.3 is 15.8 Å². The van der Waals surface area contributed by atoms with Gasteiger partial charge in [0, 0.05) is 18.0 Å². The van der Waals surface area contributed by atoms with Gasteiger partial charge >= 0.3 is 0 Å². The second kappa shape index (κ2) is 5.58. The zero-order valence-corrected chi connectivity index (χ0v) is 10.9. The summed E-state index contributed by atoms with van der Waals surface area (Å²) < 4.78 is 5.08. The predicted molar refractivity (Wildman–Crippen MR) is 74.6 cm³/mol. The third-order valence-electron chi connectivity index (χ3n) is 2.49. The van der Waals surface area contributed by atoms with Crippen LogP contribution in [0.25, 0.3) is 0 Å². The largest absolute Gasteiger partial charge is 0.495 e. The van der Waals surface area contributed by atoms with Crippen LogP contribution in [-0.2, 0) is 0 Å². The normalized spacial score (nSPS) is 10.0. The maximum Gasteiger partial charge on any atom is 0.259 e. The molecule has 0 aliphatic rings. The van der Waals surface area contributed by atoms with Crippen molar-refractivity contribution in [2.24, 2.45) is 0 Å². The fourth-order valence-electron chi connectivity index (χ4n) is 1.55. The number of carbonyl (C=O) groups is 1. The molecule has 0 aliphatic carbocycles. The van der Waals surface area contributed by atoms with E-state index in [0.717, 1.165) is 0 Å². The molecule has 0 saturated carbocycles. The van der Waals surface area contributed by atoms with Crippen molar-refractivity contribution in [1.29, 1.82) is 0 Å². The summed E-state index contributed by atoms with van der Waals surface area (Å²) in [6.45, 7) is 0. The monoisotopic (exact) mass is 277 g/mol. The van der Waals surface area contributed by atoms with Crippen LogP contribution < -0.4 is 15.8 Å². The van der Waals surface area contributed by atoms with Gasteiger partial charge in [0.15, 0.2) is 0 Å². The topological polar surface area (TPSA) is 77.2 Å². The number of amides is 1. The molecule has 0 radical (unpaired) electrons. The van der Waals surface area contributed by atoms with Crippen molar-refractivity contribution in [2.45, 2.75) is 0 Å². The van der Waals surface area contributed by atoms with Crippen LogP contribution in [0.4, 0.5) is 11.5 Å². The van der Waals surface area contributed by atoms with Gasteiger partial charge in [-0.2, -0.15) is 0 Å². The Kier molecular flexibility index (Phi) is 3.87. The third-order valence-corrected chi connectivity index (χ3v) is 2.80. The number of halogens is 1. The number of aromatic nitrogens is 1. The summed E-state index contributed by atoms with van der Waals surface area (Å²) in [6.07, 6.45) is 1.53. The second-order valence-corrected chi connectivity index (χ2v) is 4.15. The first-order valence-electron chi connectivity index (χ1n) is 5.47. The Morgan fingerprint density at radius 1 is 1.42 bits per heavy atom. The van der Waals surface area contributed by atoms with Gasteiger partial charge in [-0.1, -0.05) is 11.6 Å². The number of nitrogen functional groups attached to an aromatic ring is 1. The molecule has 6 heteroatoms. The van der Waals surface area contributed by atoms with Crippen LogP contribution in [0.5, 0.6) is 5.75 Å². The molecule has 0 bridgehead atoms. The molecule has 1 aromatic heterocycles. The van der Waals surface area contributed by atoms with E-state index in [1.165, 1.54) is 13.3 Å². The molecule has 5 nitrogen and oxygen atoms in total. The number of nitrogens with two attached hydrogens (primary N) is 1.